The van der Waals surface area contributed by atoms with Crippen LogP contribution in [0.25, 0.3) is 0 Å². The predicted molar refractivity (Wildman–Crippen MR) is 72.3 cm³/mol. The van der Waals surface area contributed by atoms with E-state index >= 15 is 0 Å². The number of aromatic hydroxyl groups is 2. The highest BCUT2D eigenvalue weighted by molar-refractivity contribution is 5.94. The molecular weight excluding hydrogens is 244 g/mol. The maximum absolute atomic E-state index is 11.9. The first-order valence-corrected chi connectivity index (χ1v) is 6.55. The number of hydrogen-bond donors (Lipinski definition) is 3. The molecule has 0 spiro atoms. The Balaban J connectivity index is 1.85. The molecule has 0 aromatic heterocycles. The van der Waals surface area contributed by atoms with E-state index in [4.69, 9.17) is 0 Å². The number of amides is 1. The van der Waals surface area contributed by atoms with Crippen LogP contribution in [-0.4, -0.2) is 47.7 Å². The highest BCUT2D eigenvalue weighted by atomic mass is 16.3. The molecule has 0 saturated carbocycles. The molecule has 0 unspecified atom stereocenters. The fourth-order valence-corrected chi connectivity index (χ4v) is 2.27. The van der Waals surface area contributed by atoms with Crippen molar-refractivity contribution in [2.45, 2.75) is 12.8 Å². The summed E-state index contributed by atoms with van der Waals surface area (Å²) >= 11 is 0. The average Bonchev–Trinajstić information content (AvgIpc) is 2.41. The third-order valence-corrected chi connectivity index (χ3v) is 3.63. The van der Waals surface area contributed by atoms with Gasteiger partial charge in [-0.05, 0) is 57.1 Å². The Morgan fingerprint density at radius 3 is 2.63 bits per heavy atom. The van der Waals surface area contributed by atoms with Crippen LogP contribution in [-0.2, 0) is 0 Å². The summed E-state index contributed by atoms with van der Waals surface area (Å²) in [6.07, 6.45) is 2.19. The van der Waals surface area contributed by atoms with E-state index in [9.17, 15) is 15.0 Å². The van der Waals surface area contributed by atoms with E-state index in [1.165, 1.54) is 18.2 Å². The molecule has 5 nitrogen and oxygen atoms in total. The van der Waals surface area contributed by atoms with Crippen molar-refractivity contribution < 1.29 is 15.0 Å². The van der Waals surface area contributed by atoms with Crippen LogP contribution in [0.3, 0.4) is 0 Å². The largest absolute Gasteiger partial charge is 0.504 e. The predicted octanol–water partition coefficient (Wildman–Crippen LogP) is 1.17. The molecule has 0 radical (unpaired) electrons. The average molecular weight is 264 g/mol. The minimum Gasteiger partial charge on any atom is -0.504 e. The Morgan fingerprint density at radius 1 is 1.32 bits per heavy atom. The van der Waals surface area contributed by atoms with Gasteiger partial charge in [-0.25, -0.2) is 0 Å². The standard InChI is InChI=1S/C14H20N2O3/c1-16-6-4-10(5-7-16)9-15-14(19)11-2-3-12(17)13(18)8-11/h2-3,8,10,17-18H,4-7,9H2,1H3,(H,15,19). The summed E-state index contributed by atoms with van der Waals surface area (Å²) in [5.41, 5.74) is 0.364. The molecule has 104 valence electrons. The smallest absolute Gasteiger partial charge is 0.251 e. The topological polar surface area (TPSA) is 72.8 Å². The van der Waals surface area contributed by atoms with E-state index in [-0.39, 0.29) is 17.4 Å². The van der Waals surface area contributed by atoms with Crippen LogP contribution in [0.4, 0.5) is 0 Å². The van der Waals surface area contributed by atoms with Gasteiger partial charge in [0.25, 0.3) is 5.91 Å². The normalized spacial score (nSPS) is 17.3. The van der Waals surface area contributed by atoms with Gasteiger partial charge in [0.1, 0.15) is 0 Å². The van der Waals surface area contributed by atoms with Gasteiger partial charge >= 0.3 is 0 Å². The SMILES string of the molecule is CN1CCC(CNC(=O)c2ccc(O)c(O)c2)CC1. The van der Waals surface area contributed by atoms with Crippen molar-refractivity contribution in [2.24, 2.45) is 5.92 Å². The summed E-state index contributed by atoms with van der Waals surface area (Å²) in [5.74, 6) is -0.182. The second-order valence-electron chi connectivity index (χ2n) is 5.16. The van der Waals surface area contributed by atoms with Crippen LogP contribution in [0.5, 0.6) is 11.5 Å². The fourth-order valence-electron chi connectivity index (χ4n) is 2.27. The zero-order valence-corrected chi connectivity index (χ0v) is 11.1. The zero-order valence-electron chi connectivity index (χ0n) is 11.1. The molecule has 5 heteroatoms. The molecule has 3 N–H and O–H groups in total. The number of piperidine rings is 1. The molecule has 1 aliphatic heterocycles. The first-order valence-electron chi connectivity index (χ1n) is 6.55. The van der Waals surface area contributed by atoms with Gasteiger partial charge < -0.3 is 20.4 Å². The number of benzene rings is 1. The van der Waals surface area contributed by atoms with E-state index < -0.39 is 0 Å². The minimum atomic E-state index is -0.271. The molecular formula is C14H20N2O3. The van der Waals surface area contributed by atoms with Crippen LogP contribution in [0.2, 0.25) is 0 Å². The summed E-state index contributed by atoms with van der Waals surface area (Å²) < 4.78 is 0. The molecule has 0 bridgehead atoms. The first-order chi connectivity index (χ1) is 9.06. The van der Waals surface area contributed by atoms with Gasteiger partial charge in [-0.1, -0.05) is 0 Å². The maximum Gasteiger partial charge on any atom is 0.251 e. The van der Waals surface area contributed by atoms with Gasteiger partial charge in [0.2, 0.25) is 0 Å². The number of rotatable bonds is 3. The second-order valence-corrected chi connectivity index (χ2v) is 5.16. The quantitative estimate of drug-likeness (QED) is 0.717. The number of carbonyl (C=O) groups is 1. The lowest BCUT2D eigenvalue weighted by molar-refractivity contribution is 0.0938. The van der Waals surface area contributed by atoms with Gasteiger partial charge in [-0.3, -0.25) is 4.79 Å². The Labute approximate surface area is 112 Å². The molecule has 1 fully saturated rings. The number of phenolic OH excluding ortho intramolecular Hbond substituents is 2. The molecule has 0 atom stereocenters. The molecule has 0 aliphatic carbocycles. The number of nitrogens with zero attached hydrogens (tertiary/aromatic N) is 1. The van der Waals surface area contributed by atoms with Crippen molar-refractivity contribution >= 4 is 5.91 Å². The third-order valence-electron chi connectivity index (χ3n) is 3.63. The molecule has 1 amide bonds. The van der Waals surface area contributed by atoms with E-state index in [2.05, 4.69) is 17.3 Å². The summed E-state index contributed by atoms with van der Waals surface area (Å²) in [4.78, 5) is 14.2. The molecule has 1 saturated heterocycles. The Hall–Kier alpha value is -1.75. The number of phenols is 2. The summed E-state index contributed by atoms with van der Waals surface area (Å²) in [7, 11) is 2.11. The molecule has 1 aliphatic rings. The van der Waals surface area contributed by atoms with Gasteiger partial charge in [0.15, 0.2) is 11.5 Å². The first kappa shape index (κ1) is 13.7. The van der Waals surface area contributed by atoms with Gasteiger partial charge in [-0.2, -0.15) is 0 Å². The van der Waals surface area contributed by atoms with Crippen molar-refractivity contribution in [3.63, 3.8) is 0 Å². The highest BCUT2D eigenvalue weighted by Gasteiger charge is 2.17. The van der Waals surface area contributed by atoms with Crippen LogP contribution >= 0.6 is 0 Å². The lowest BCUT2D eigenvalue weighted by Gasteiger charge is -2.28. The van der Waals surface area contributed by atoms with E-state index in [1.807, 2.05) is 0 Å². The van der Waals surface area contributed by atoms with Gasteiger partial charge in [0, 0.05) is 12.1 Å². The molecule has 19 heavy (non-hydrogen) atoms. The van der Waals surface area contributed by atoms with E-state index in [1.54, 1.807) is 0 Å². The zero-order chi connectivity index (χ0) is 13.8. The second kappa shape index (κ2) is 5.93. The minimum absolute atomic E-state index is 0.214. The molecule has 1 aromatic carbocycles. The fraction of sp³-hybridized carbons (Fsp3) is 0.500. The summed E-state index contributed by atoms with van der Waals surface area (Å²) in [6, 6.07) is 4.10. The van der Waals surface area contributed by atoms with Crippen molar-refractivity contribution in [3.05, 3.63) is 23.8 Å². The lowest BCUT2D eigenvalue weighted by atomic mass is 9.97. The van der Waals surface area contributed by atoms with Crippen LogP contribution < -0.4 is 5.32 Å². The van der Waals surface area contributed by atoms with Gasteiger partial charge in [0.05, 0.1) is 0 Å². The lowest BCUT2D eigenvalue weighted by Crippen LogP contribution is -2.36. The third kappa shape index (κ3) is 3.61. The van der Waals surface area contributed by atoms with Crippen LogP contribution in [0.1, 0.15) is 23.2 Å². The van der Waals surface area contributed by atoms with Crippen LogP contribution in [0.15, 0.2) is 18.2 Å². The Morgan fingerprint density at radius 2 is 2.00 bits per heavy atom. The van der Waals surface area contributed by atoms with Crippen molar-refractivity contribution in [1.29, 1.82) is 0 Å². The molecule has 1 heterocycles. The maximum atomic E-state index is 11.9. The van der Waals surface area contributed by atoms with E-state index in [0.29, 0.717) is 18.0 Å². The summed E-state index contributed by atoms with van der Waals surface area (Å²) in [6.45, 7) is 2.80. The summed E-state index contributed by atoms with van der Waals surface area (Å²) in [5, 5.41) is 21.4. The van der Waals surface area contributed by atoms with Crippen LogP contribution in [0, 0.1) is 5.92 Å². The van der Waals surface area contributed by atoms with Crippen molar-refractivity contribution in [1.82, 2.24) is 10.2 Å². The monoisotopic (exact) mass is 264 g/mol. The number of nitrogens with one attached hydrogen (secondary N) is 1. The van der Waals surface area contributed by atoms with E-state index in [0.717, 1.165) is 25.9 Å². The molecule has 1 aromatic rings. The Kier molecular flexibility index (Phi) is 4.27. The number of carbonyl (C=O) groups excluding carboxylic acids is 1. The number of likely N-dealkylation sites (tertiary alicyclic amines) is 1. The van der Waals surface area contributed by atoms with Crippen molar-refractivity contribution in [3.8, 4) is 11.5 Å². The van der Waals surface area contributed by atoms with Gasteiger partial charge in [-0.15, -0.1) is 0 Å². The highest BCUT2D eigenvalue weighted by Crippen LogP contribution is 2.24. The molecule has 2 rings (SSSR count). The number of hydrogen-bond acceptors (Lipinski definition) is 4. The van der Waals surface area contributed by atoms with Crippen molar-refractivity contribution in [2.75, 3.05) is 26.7 Å². The Bertz CT molecular complexity index is 454.